The summed E-state index contributed by atoms with van der Waals surface area (Å²) in [5.74, 6) is 0.574. The third-order valence-corrected chi connectivity index (χ3v) is 4.03. The third kappa shape index (κ3) is 6.39. The lowest BCUT2D eigenvalue weighted by Crippen LogP contribution is -2.20. The molecule has 0 amide bonds. The molecule has 1 aliphatic carbocycles. The van der Waals surface area contributed by atoms with Gasteiger partial charge in [0, 0.05) is 6.42 Å². The van der Waals surface area contributed by atoms with Crippen LogP contribution in [0.3, 0.4) is 0 Å². The van der Waals surface area contributed by atoms with Gasteiger partial charge in [0.1, 0.15) is 0 Å². The first-order valence-electron chi connectivity index (χ1n) is 7.39. The molecule has 0 atom stereocenters. The lowest BCUT2D eigenvalue weighted by molar-refractivity contribution is -0.146. The van der Waals surface area contributed by atoms with Crippen molar-refractivity contribution < 1.29 is 9.53 Å². The monoisotopic (exact) mass is 255 g/mol. The van der Waals surface area contributed by atoms with Crippen LogP contribution in [0.5, 0.6) is 0 Å². The molecule has 1 aliphatic rings. The van der Waals surface area contributed by atoms with Gasteiger partial charge in [0.25, 0.3) is 0 Å². The Morgan fingerprint density at radius 2 is 1.89 bits per heavy atom. The van der Waals surface area contributed by atoms with E-state index in [1.807, 2.05) is 0 Å². The molecule has 0 aromatic carbocycles. The highest BCUT2D eigenvalue weighted by Gasteiger charge is 2.20. The van der Waals surface area contributed by atoms with Crippen LogP contribution >= 0.6 is 0 Å². The number of esters is 1. The first-order chi connectivity index (χ1) is 8.53. The van der Waals surface area contributed by atoms with Crippen molar-refractivity contribution in [2.24, 2.45) is 17.1 Å². The molecule has 0 radical (unpaired) electrons. The van der Waals surface area contributed by atoms with Gasteiger partial charge in [-0.05, 0) is 43.6 Å². The normalized spacial score (nSPS) is 17.7. The zero-order valence-corrected chi connectivity index (χ0v) is 12.0. The molecular weight excluding hydrogens is 226 g/mol. The van der Waals surface area contributed by atoms with Gasteiger partial charge in [-0.1, -0.05) is 33.1 Å². The van der Waals surface area contributed by atoms with Gasteiger partial charge in [-0.25, -0.2) is 0 Å². The Morgan fingerprint density at radius 1 is 1.22 bits per heavy atom. The third-order valence-electron chi connectivity index (χ3n) is 4.03. The Labute approximate surface area is 111 Å². The van der Waals surface area contributed by atoms with Crippen molar-refractivity contribution in [3.05, 3.63) is 0 Å². The summed E-state index contributed by atoms with van der Waals surface area (Å²) in [6, 6.07) is 0. The Kier molecular flexibility index (Phi) is 6.69. The molecule has 3 heteroatoms. The molecule has 2 N–H and O–H groups in total. The van der Waals surface area contributed by atoms with E-state index in [9.17, 15) is 4.79 Å². The average Bonchev–Trinajstić information content (AvgIpc) is 2.35. The summed E-state index contributed by atoms with van der Waals surface area (Å²) in [6.07, 6.45) is 8.75. The molecule has 3 nitrogen and oxygen atoms in total. The minimum atomic E-state index is -0.0364. The van der Waals surface area contributed by atoms with Crippen LogP contribution in [-0.2, 0) is 9.53 Å². The molecule has 0 unspecified atom stereocenters. The smallest absolute Gasteiger partial charge is 0.305 e. The number of carbonyl (C=O) groups excluding carboxylic acids is 1. The van der Waals surface area contributed by atoms with Crippen LogP contribution in [0.15, 0.2) is 0 Å². The summed E-state index contributed by atoms with van der Waals surface area (Å²) in [5, 5.41) is 0. The molecule has 0 saturated heterocycles. The molecule has 0 aromatic heterocycles. The van der Waals surface area contributed by atoms with E-state index in [2.05, 4.69) is 13.8 Å². The van der Waals surface area contributed by atoms with Gasteiger partial charge in [0.05, 0.1) is 6.61 Å². The summed E-state index contributed by atoms with van der Waals surface area (Å²) in [4.78, 5) is 11.7. The molecule has 1 rings (SSSR count). The van der Waals surface area contributed by atoms with Gasteiger partial charge in [-0.2, -0.15) is 0 Å². The standard InChI is InChI=1S/C15H29NO2/c1-15(2,10-11-16)9-8-14(17)18-12-13-6-4-3-5-7-13/h13H,3-12,16H2,1-2H3. The van der Waals surface area contributed by atoms with Crippen molar-refractivity contribution in [2.75, 3.05) is 13.2 Å². The molecule has 0 spiro atoms. The Balaban J connectivity index is 2.13. The van der Waals surface area contributed by atoms with E-state index in [1.165, 1.54) is 32.1 Å². The Bertz CT molecular complexity index is 245. The molecule has 0 bridgehead atoms. The fourth-order valence-electron chi connectivity index (χ4n) is 2.59. The number of rotatable bonds is 7. The average molecular weight is 255 g/mol. The maximum atomic E-state index is 11.7. The molecule has 0 aliphatic heterocycles. The van der Waals surface area contributed by atoms with Crippen LogP contribution in [0.25, 0.3) is 0 Å². The van der Waals surface area contributed by atoms with E-state index in [-0.39, 0.29) is 11.4 Å². The van der Waals surface area contributed by atoms with Crippen molar-refractivity contribution in [3.8, 4) is 0 Å². The predicted octanol–water partition coefficient (Wildman–Crippen LogP) is 3.27. The number of ether oxygens (including phenoxy) is 1. The second-order valence-electron chi connectivity index (χ2n) is 6.39. The highest BCUT2D eigenvalue weighted by Crippen LogP contribution is 2.27. The molecular formula is C15H29NO2. The summed E-state index contributed by atoms with van der Waals surface area (Å²) >= 11 is 0. The maximum Gasteiger partial charge on any atom is 0.305 e. The number of carbonyl (C=O) groups is 1. The highest BCUT2D eigenvalue weighted by atomic mass is 16.5. The van der Waals surface area contributed by atoms with Crippen molar-refractivity contribution in [1.29, 1.82) is 0 Å². The minimum absolute atomic E-state index is 0.0364. The topological polar surface area (TPSA) is 52.3 Å². The van der Waals surface area contributed by atoms with E-state index in [4.69, 9.17) is 10.5 Å². The second-order valence-corrected chi connectivity index (χ2v) is 6.39. The predicted molar refractivity (Wildman–Crippen MR) is 74.2 cm³/mol. The summed E-state index contributed by atoms with van der Waals surface area (Å²) < 4.78 is 5.38. The van der Waals surface area contributed by atoms with Gasteiger partial charge in [0.2, 0.25) is 0 Å². The minimum Gasteiger partial charge on any atom is -0.465 e. The van der Waals surface area contributed by atoms with Gasteiger partial charge in [-0.3, -0.25) is 4.79 Å². The van der Waals surface area contributed by atoms with Gasteiger partial charge >= 0.3 is 5.97 Å². The second kappa shape index (κ2) is 7.78. The van der Waals surface area contributed by atoms with E-state index < -0.39 is 0 Å². The number of nitrogens with two attached hydrogens (primary N) is 1. The first kappa shape index (κ1) is 15.5. The fourth-order valence-corrected chi connectivity index (χ4v) is 2.59. The maximum absolute atomic E-state index is 11.7. The lowest BCUT2D eigenvalue weighted by Gasteiger charge is -2.24. The quantitative estimate of drug-likeness (QED) is 0.710. The summed E-state index contributed by atoms with van der Waals surface area (Å²) in [6.45, 7) is 5.64. The number of hydrogen-bond acceptors (Lipinski definition) is 3. The van der Waals surface area contributed by atoms with Crippen LogP contribution in [-0.4, -0.2) is 19.1 Å². The number of hydrogen-bond donors (Lipinski definition) is 1. The van der Waals surface area contributed by atoms with E-state index in [1.54, 1.807) is 0 Å². The van der Waals surface area contributed by atoms with Crippen LogP contribution in [0.2, 0.25) is 0 Å². The highest BCUT2D eigenvalue weighted by molar-refractivity contribution is 5.69. The van der Waals surface area contributed by atoms with Crippen molar-refractivity contribution in [3.63, 3.8) is 0 Å². The van der Waals surface area contributed by atoms with Crippen molar-refractivity contribution in [1.82, 2.24) is 0 Å². The van der Waals surface area contributed by atoms with E-state index in [0.29, 0.717) is 25.5 Å². The van der Waals surface area contributed by atoms with E-state index in [0.717, 1.165) is 12.8 Å². The molecule has 1 saturated carbocycles. The van der Waals surface area contributed by atoms with Crippen LogP contribution < -0.4 is 5.73 Å². The van der Waals surface area contributed by atoms with Gasteiger partial charge < -0.3 is 10.5 Å². The first-order valence-corrected chi connectivity index (χ1v) is 7.39. The zero-order chi connectivity index (χ0) is 13.4. The fraction of sp³-hybridized carbons (Fsp3) is 0.933. The summed E-state index contributed by atoms with van der Waals surface area (Å²) in [7, 11) is 0. The van der Waals surface area contributed by atoms with E-state index >= 15 is 0 Å². The van der Waals surface area contributed by atoms with Crippen LogP contribution in [0.1, 0.15) is 65.2 Å². The molecule has 0 aromatic rings. The summed E-state index contributed by atoms with van der Waals surface area (Å²) in [5.41, 5.74) is 5.71. The Hall–Kier alpha value is -0.570. The van der Waals surface area contributed by atoms with Gasteiger partial charge in [0.15, 0.2) is 0 Å². The van der Waals surface area contributed by atoms with Crippen molar-refractivity contribution >= 4 is 5.97 Å². The molecule has 1 fully saturated rings. The molecule has 0 heterocycles. The SMILES string of the molecule is CC(C)(CCN)CCC(=O)OCC1CCCCC1. The van der Waals surface area contributed by atoms with Crippen molar-refractivity contribution in [2.45, 2.75) is 65.2 Å². The Morgan fingerprint density at radius 3 is 2.50 bits per heavy atom. The van der Waals surface area contributed by atoms with Crippen LogP contribution in [0.4, 0.5) is 0 Å². The molecule has 18 heavy (non-hydrogen) atoms. The zero-order valence-electron chi connectivity index (χ0n) is 12.0. The van der Waals surface area contributed by atoms with Gasteiger partial charge in [-0.15, -0.1) is 0 Å². The molecule has 106 valence electrons. The largest absolute Gasteiger partial charge is 0.465 e. The van der Waals surface area contributed by atoms with Crippen LogP contribution in [0, 0.1) is 11.3 Å². The lowest BCUT2D eigenvalue weighted by atomic mass is 9.84.